The predicted octanol–water partition coefficient (Wildman–Crippen LogP) is 2.44. The fraction of sp³-hybridized carbons (Fsp3) is 0.273. The molecule has 1 aliphatic heterocycles. The van der Waals surface area contributed by atoms with Crippen molar-refractivity contribution in [1.82, 2.24) is 20.3 Å². The molecule has 0 radical (unpaired) electrons. The maximum atomic E-state index is 12.5. The summed E-state index contributed by atoms with van der Waals surface area (Å²) in [6, 6.07) is 15.8. The Morgan fingerprint density at radius 1 is 0.931 bits per heavy atom. The van der Waals surface area contributed by atoms with Gasteiger partial charge in [0.1, 0.15) is 23.7 Å². The van der Waals surface area contributed by atoms with Gasteiger partial charge in [-0.05, 0) is 24.6 Å². The average molecular weight is 388 g/mol. The fourth-order valence-electron chi connectivity index (χ4n) is 3.33. The van der Waals surface area contributed by atoms with Crippen molar-refractivity contribution in [1.29, 1.82) is 0 Å². The summed E-state index contributed by atoms with van der Waals surface area (Å²) in [6.45, 7) is 5.87. The Kier molecular flexibility index (Phi) is 5.65. The highest BCUT2D eigenvalue weighted by atomic mass is 16.1. The summed E-state index contributed by atoms with van der Waals surface area (Å²) < 4.78 is 0. The Morgan fingerprint density at radius 3 is 2.34 bits per heavy atom. The minimum atomic E-state index is -0.193. The van der Waals surface area contributed by atoms with Crippen LogP contribution in [0.3, 0.4) is 0 Å². The van der Waals surface area contributed by atoms with Crippen LogP contribution in [0.1, 0.15) is 21.6 Å². The third kappa shape index (κ3) is 4.68. The van der Waals surface area contributed by atoms with Crippen molar-refractivity contribution in [2.45, 2.75) is 13.5 Å². The van der Waals surface area contributed by atoms with Crippen LogP contribution in [-0.4, -0.2) is 47.0 Å². The number of pyridine rings is 1. The van der Waals surface area contributed by atoms with Crippen molar-refractivity contribution in [3.8, 4) is 0 Å². The second kappa shape index (κ2) is 8.68. The summed E-state index contributed by atoms with van der Waals surface area (Å²) in [7, 11) is 0. The molecule has 1 amide bonds. The van der Waals surface area contributed by atoms with Crippen LogP contribution in [0.4, 0.5) is 11.6 Å². The maximum Gasteiger partial charge on any atom is 0.270 e. The number of carbonyl (C=O) groups is 1. The van der Waals surface area contributed by atoms with Gasteiger partial charge in [0.25, 0.3) is 5.91 Å². The third-order valence-electron chi connectivity index (χ3n) is 5.04. The Bertz CT molecular complexity index is 953. The number of aromatic nitrogens is 3. The monoisotopic (exact) mass is 388 g/mol. The molecular formula is C22H24N6O. The minimum absolute atomic E-state index is 0.193. The number of amides is 1. The van der Waals surface area contributed by atoms with Crippen molar-refractivity contribution in [2.75, 3.05) is 36.0 Å². The van der Waals surface area contributed by atoms with Gasteiger partial charge in [0.05, 0.1) is 0 Å². The smallest absolute Gasteiger partial charge is 0.270 e. The number of hydrogen-bond donors (Lipinski definition) is 1. The molecule has 1 N–H and O–H groups in total. The molecule has 148 valence electrons. The Morgan fingerprint density at radius 2 is 1.66 bits per heavy atom. The number of piperazine rings is 1. The summed E-state index contributed by atoms with van der Waals surface area (Å²) in [5.74, 6) is 1.58. The second-order valence-corrected chi connectivity index (χ2v) is 7.09. The van der Waals surface area contributed by atoms with Gasteiger partial charge in [0.15, 0.2) is 0 Å². The van der Waals surface area contributed by atoms with E-state index in [1.165, 1.54) is 11.9 Å². The first-order chi connectivity index (χ1) is 14.2. The predicted molar refractivity (Wildman–Crippen MR) is 113 cm³/mol. The van der Waals surface area contributed by atoms with E-state index in [1.54, 1.807) is 6.07 Å². The van der Waals surface area contributed by atoms with Crippen molar-refractivity contribution < 1.29 is 4.79 Å². The molecule has 1 aliphatic rings. The first kappa shape index (κ1) is 18.9. The molecule has 1 aromatic carbocycles. The number of rotatable bonds is 5. The number of carbonyl (C=O) groups excluding carboxylic acids is 1. The molecular weight excluding hydrogens is 364 g/mol. The highest BCUT2D eigenvalue weighted by molar-refractivity contribution is 5.92. The molecule has 2 aromatic heterocycles. The number of nitrogens with one attached hydrogen (secondary N) is 1. The quantitative estimate of drug-likeness (QED) is 0.724. The van der Waals surface area contributed by atoms with Gasteiger partial charge in [-0.25, -0.2) is 15.0 Å². The summed E-state index contributed by atoms with van der Waals surface area (Å²) >= 11 is 0. The summed E-state index contributed by atoms with van der Waals surface area (Å²) in [4.78, 5) is 29.9. The summed E-state index contributed by atoms with van der Waals surface area (Å²) in [5.41, 5.74) is 2.64. The van der Waals surface area contributed by atoms with Crippen molar-refractivity contribution in [3.05, 3.63) is 77.9 Å². The van der Waals surface area contributed by atoms with Crippen LogP contribution >= 0.6 is 0 Å². The first-order valence-corrected chi connectivity index (χ1v) is 9.76. The molecule has 29 heavy (non-hydrogen) atoms. The van der Waals surface area contributed by atoms with E-state index in [-0.39, 0.29) is 5.91 Å². The molecule has 1 fully saturated rings. The zero-order valence-electron chi connectivity index (χ0n) is 16.5. The van der Waals surface area contributed by atoms with Crippen LogP contribution < -0.4 is 15.1 Å². The molecule has 3 aromatic rings. The van der Waals surface area contributed by atoms with Gasteiger partial charge in [-0.1, -0.05) is 35.9 Å². The molecule has 0 aliphatic carbocycles. The summed E-state index contributed by atoms with van der Waals surface area (Å²) in [6.07, 6.45) is 3.27. The minimum Gasteiger partial charge on any atom is -0.353 e. The normalized spacial score (nSPS) is 14.0. The molecule has 0 bridgehead atoms. The van der Waals surface area contributed by atoms with E-state index in [1.807, 2.05) is 55.6 Å². The van der Waals surface area contributed by atoms with Crippen molar-refractivity contribution in [3.63, 3.8) is 0 Å². The van der Waals surface area contributed by atoms with Gasteiger partial charge < -0.3 is 15.1 Å². The lowest BCUT2D eigenvalue weighted by molar-refractivity contribution is 0.0945. The van der Waals surface area contributed by atoms with Crippen LogP contribution in [0.25, 0.3) is 0 Å². The lowest BCUT2D eigenvalue weighted by Crippen LogP contribution is -2.47. The molecule has 0 atom stereocenters. The van der Waals surface area contributed by atoms with Gasteiger partial charge in [0, 0.05) is 45.0 Å². The Balaban J connectivity index is 1.36. The van der Waals surface area contributed by atoms with Gasteiger partial charge in [-0.15, -0.1) is 0 Å². The molecule has 4 rings (SSSR count). The second-order valence-electron chi connectivity index (χ2n) is 7.09. The van der Waals surface area contributed by atoms with E-state index < -0.39 is 0 Å². The largest absolute Gasteiger partial charge is 0.353 e. The van der Waals surface area contributed by atoms with Gasteiger partial charge in [-0.3, -0.25) is 4.79 Å². The topological polar surface area (TPSA) is 74.2 Å². The van der Waals surface area contributed by atoms with Gasteiger partial charge >= 0.3 is 0 Å². The molecule has 3 heterocycles. The molecule has 1 saturated heterocycles. The van der Waals surface area contributed by atoms with E-state index in [9.17, 15) is 4.79 Å². The molecule has 0 saturated carbocycles. The zero-order valence-corrected chi connectivity index (χ0v) is 16.5. The van der Waals surface area contributed by atoms with Crippen molar-refractivity contribution >= 4 is 17.5 Å². The Hall–Kier alpha value is -3.48. The van der Waals surface area contributed by atoms with Crippen LogP contribution in [0, 0.1) is 6.92 Å². The van der Waals surface area contributed by atoms with Crippen LogP contribution in [0.2, 0.25) is 0 Å². The van der Waals surface area contributed by atoms with E-state index in [2.05, 4.69) is 30.1 Å². The lowest BCUT2D eigenvalue weighted by atomic mass is 10.1. The molecule has 0 spiro atoms. The van der Waals surface area contributed by atoms with Crippen LogP contribution in [0.15, 0.2) is 61.1 Å². The first-order valence-electron chi connectivity index (χ1n) is 9.76. The zero-order chi connectivity index (χ0) is 20.1. The molecule has 0 unspecified atom stereocenters. The highest BCUT2D eigenvalue weighted by Crippen LogP contribution is 2.17. The van der Waals surface area contributed by atoms with E-state index in [0.717, 1.165) is 43.4 Å². The highest BCUT2D eigenvalue weighted by Gasteiger charge is 2.20. The SMILES string of the molecule is Cc1ccc(CNC(=O)c2cc(N3CCN(c4ccccn4)CC3)ncn2)cc1. The van der Waals surface area contributed by atoms with E-state index in [4.69, 9.17) is 0 Å². The average Bonchev–Trinajstić information content (AvgIpc) is 2.79. The molecule has 7 nitrogen and oxygen atoms in total. The number of aryl methyl sites for hydroxylation is 1. The number of benzene rings is 1. The third-order valence-corrected chi connectivity index (χ3v) is 5.04. The Labute approximate surface area is 170 Å². The number of hydrogen-bond acceptors (Lipinski definition) is 6. The van der Waals surface area contributed by atoms with E-state index in [0.29, 0.717) is 12.2 Å². The lowest BCUT2D eigenvalue weighted by Gasteiger charge is -2.36. The maximum absolute atomic E-state index is 12.5. The number of anilines is 2. The summed E-state index contributed by atoms with van der Waals surface area (Å²) in [5, 5.41) is 2.93. The van der Waals surface area contributed by atoms with Gasteiger partial charge in [-0.2, -0.15) is 0 Å². The van der Waals surface area contributed by atoms with Crippen LogP contribution in [-0.2, 0) is 6.54 Å². The standard InChI is InChI=1S/C22H24N6O/c1-17-5-7-18(8-6-17)15-24-22(29)19-14-21(26-16-25-19)28-12-10-27(11-13-28)20-4-2-3-9-23-20/h2-9,14,16H,10-13,15H2,1H3,(H,24,29). The van der Waals surface area contributed by atoms with Gasteiger partial charge in [0.2, 0.25) is 0 Å². The fourth-order valence-corrected chi connectivity index (χ4v) is 3.33. The number of nitrogens with zero attached hydrogens (tertiary/aromatic N) is 5. The van der Waals surface area contributed by atoms with Crippen molar-refractivity contribution in [2.24, 2.45) is 0 Å². The van der Waals surface area contributed by atoms with E-state index >= 15 is 0 Å². The molecule has 7 heteroatoms. The van der Waals surface area contributed by atoms with Crippen LogP contribution in [0.5, 0.6) is 0 Å².